The fraction of sp³-hybridized carbons (Fsp3) is 0.750. The summed E-state index contributed by atoms with van der Waals surface area (Å²) in [4.78, 5) is 35.7. The van der Waals surface area contributed by atoms with Crippen LogP contribution in [0.15, 0.2) is 0 Å². The van der Waals surface area contributed by atoms with E-state index in [-0.39, 0.29) is 17.7 Å². The number of carboxylic acids is 1. The van der Waals surface area contributed by atoms with Gasteiger partial charge in [-0.2, -0.15) is 0 Å². The second-order valence-electron chi connectivity index (χ2n) is 4.55. The fourth-order valence-electron chi connectivity index (χ4n) is 2.06. The molecule has 0 aromatic rings. The van der Waals surface area contributed by atoms with Gasteiger partial charge < -0.3 is 15.3 Å². The second-order valence-corrected chi connectivity index (χ2v) is 4.55. The first-order chi connectivity index (χ1) is 8.47. The highest BCUT2D eigenvalue weighted by Crippen LogP contribution is 2.19. The maximum absolute atomic E-state index is 11.8. The van der Waals surface area contributed by atoms with Gasteiger partial charge in [0, 0.05) is 25.6 Å². The molecule has 0 spiro atoms. The first-order valence-corrected chi connectivity index (χ1v) is 6.26. The Bertz CT molecular complexity index is 335. The van der Waals surface area contributed by atoms with E-state index in [4.69, 9.17) is 5.11 Å². The maximum Gasteiger partial charge on any atom is 0.315 e. The van der Waals surface area contributed by atoms with Crippen LogP contribution in [-0.4, -0.2) is 47.4 Å². The predicted octanol–water partition coefficient (Wildman–Crippen LogP) is 0.0818. The normalized spacial score (nSPS) is 18.2. The average molecular weight is 256 g/mol. The molecule has 1 saturated heterocycles. The van der Waals surface area contributed by atoms with Gasteiger partial charge in [0.2, 0.25) is 11.8 Å². The number of carbonyl (C=O) groups is 3. The lowest BCUT2D eigenvalue weighted by molar-refractivity contribution is -0.151. The molecule has 0 radical (unpaired) electrons. The molecular weight excluding hydrogens is 236 g/mol. The molecule has 0 aromatic carbocycles. The van der Waals surface area contributed by atoms with E-state index in [9.17, 15) is 14.4 Å². The van der Waals surface area contributed by atoms with E-state index in [1.54, 1.807) is 0 Å². The first kappa shape index (κ1) is 14.5. The molecule has 102 valence electrons. The lowest BCUT2D eigenvalue weighted by Gasteiger charge is -2.32. The van der Waals surface area contributed by atoms with Crippen molar-refractivity contribution in [2.75, 3.05) is 19.6 Å². The van der Waals surface area contributed by atoms with Crippen LogP contribution in [-0.2, 0) is 14.4 Å². The third-order valence-electron chi connectivity index (χ3n) is 3.27. The molecule has 1 rings (SSSR count). The number of likely N-dealkylation sites (tertiary alicyclic amines) is 1. The van der Waals surface area contributed by atoms with E-state index in [1.807, 2.05) is 6.92 Å². The van der Waals surface area contributed by atoms with E-state index >= 15 is 0 Å². The smallest absolute Gasteiger partial charge is 0.315 e. The minimum Gasteiger partial charge on any atom is -0.481 e. The third-order valence-corrected chi connectivity index (χ3v) is 3.27. The summed E-state index contributed by atoms with van der Waals surface area (Å²) in [6, 6.07) is 0. The van der Waals surface area contributed by atoms with Crippen molar-refractivity contribution in [2.45, 2.75) is 26.7 Å². The van der Waals surface area contributed by atoms with Gasteiger partial charge in [0.1, 0.15) is 5.92 Å². The van der Waals surface area contributed by atoms with Crippen LogP contribution < -0.4 is 5.32 Å². The Morgan fingerprint density at radius 3 is 2.33 bits per heavy atom. The minimum atomic E-state index is -1.11. The van der Waals surface area contributed by atoms with Crippen molar-refractivity contribution >= 4 is 17.8 Å². The van der Waals surface area contributed by atoms with E-state index in [0.717, 1.165) is 0 Å². The van der Waals surface area contributed by atoms with Crippen molar-refractivity contribution in [1.82, 2.24) is 10.2 Å². The van der Waals surface area contributed by atoms with Crippen LogP contribution in [0.5, 0.6) is 0 Å². The summed E-state index contributed by atoms with van der Waals surface area (Å²) in [6.45, 7) is 4.77. The second kappa shape index (κ2) is 6.37. The third kappa shape index (κ3) is 3.45. The van der Waals surface area contributed by atoms with Crippen LogP contribution in [0.2, 0.25) is 0 Å². The van der Waals surface area contributed by atoms with Crippen LogP contribution in [0.25, 0.3) is 0 Å². The summed E-state index contributed by atoms with van der Waals surface area (Å²) < 4.78 is 0. The first-order valence-electron chi connectivity index (χ1n) is 6.26. The van der Waals surface area contributed by atoms with Crippen molar-refractivity contribution in [2.24, 2.45) is 11.8 Å². The van der Waals surface area contributed by atoms with Crippen molar-refractivity contribution in [3.8, 4) is 0 Å². The molecule has 1 fully saturated rings. The van der Waals surface area contributed by atoms with Gasteiger partial charge in [-0.15, -0.1) is 0 Å². The molecule has 2 amide bonds. The van der Waals surface area contributed by atoms with Crippen molar-refractivity contribution in [3.05, 3.63) is 0 Å². The number of hydrogen-bond donors (Lipinski definition) is 2. The Morgan fingerprint density at radius 1 is 1.33 bits per heavy atom. The van der Waals surface area contributed by atoms with Crippen LogP contribution >= 0.6 is 0 Å². The highest BCUT2D eigenvalue weighted by Gasteiger charge is 2.31. The molecule has 1 atom stereocenters. The number of carbonyl (C=O) groups excluding carboxylic acids is 2. The van der Waals surface area contributed by atoms with E-state index in [0.29, 0.717) is 32.5 Å². The van der Waals surface area contributed by atoms with Gasteiger partial charge in [0.05, 0.1) is 0 Å². The quantitative estimate of drug-likeness (QED) is 0.697. The Balaban J connectivity index is 2.46. The highest BCUT2D eigenvalue weighted by atomic mass is 16.4. The number of nitrogens with zero attached hydrogens (tertiary/aromatic N) is 1. The predicted molar refractivity (Wildman–Crippen MR) is 64.8 cm³/mol. The van der Waals surface area contributed by atoms with Crippen molar-refractivity contribution < 1.29 is 19.5 Å². The molecule has 1 heterocycles. The zero-order valence-corrected chi connectivity index (χ0v) is 10.8. The van der Waals surface area contributed by atoms with Crippen LogP contribution in [0.4, 0.5) is 0 Å². The zero-order chi connectivity index (χ0) is 13.7. The van der Waals surface area contributed by atoms with Gasteiger partial charge in [0.25, 0.3) is 0 Å². The maximum atomic E-state index is 11.8. The molecule has 0 saturated carbocycles. The van der Waals surface area contributed by atoms with Crippen molar-refractivity contribution in [3.63, 3.8) is 0 Å². The number of aliphatic carboxylic acids is 1. The monoisotopic (exact) mass is 256 g/mol. The summed E-state index contributed by atoms with van der Waals surface area (Å²) in [7, 11) is 0. The highest BCUT2D eigenvalue weighted by molar-refractivity contribution is 5.96. The molecule has 2 N–H and O–H groups in total. The van der Waals surface area contributed by atoms with Gasteiger partial charge in [-0.05, 0) is 26.7 Å². The number of rotatable bonds is 4. The topological polar surface area (TPSA) is 86.7 Å². The van der Waals surface area contributed by atoms with Crippen LogP contribution in [0.1, 0.15) is 26.7 Å². The largest absolute Gasteiger partial charge is 0.481 e. The average Bonchev–Trinajstić information content (AvgIpc) is 2.37. The molecule has 6 heteroatoms. The SMILES string of the molecule is CCNC(=O)C1CCN(C(=O)C(C)C(=O)O)CC1. The van der Waals surface area contributed by atoms with E-state index in [2.05, 4.69) is 5.32 Å². The number of piperidine rings is 1. The number of nitrogens with one attached hydrogen (secondary N) is 1. The Hall–Kier alpha value is -1.59. The van der Waals surface area contributed by atoms with Gasteiger partial charge in [-0.1, -0.05) is 0 Å². The molecule has 0 aromatic heterocycles. The van der Waals surface area contributed by atoms with Gasteiger partial charge in [-0.25, -0.2) is 0 Å². The summed E-state index contributed by atoms with van der Waals surface area (Å²) in [6.07, 6.45) is 1.20. The van der Waals surface area contributed by atoms with Crippen LogP contribution in [0.3, 0.4) is 0 Å². The van der Waals surface area contributed by atoms with Gasteiger partial charge in [0.15, 0.2) is 0 Å². The number of carboxylic acid groups (broad SMARTS) is 1. The molecule has 0 aliphatic carbocycles. The number of hydrogen-bond acceptors (Lipinski definition) is 3. The lowest BCUT2D eigenvalue weighted by atomic mass is 9.95. The van der Waals surface area contributed by atoms with Gasteiger partial charge in [-0.3, -0.25) is 14.4 Å². The lowest BCUT2D eigenvalue weighted by Crippen LogP contribution is -2.45. The molecular formula is C12H20N2O4. The summed E-state index contributed by atoms with van der Waals surface area (Å²) in [5.41, 5.74) is 0. The van der Waals surface area contributed by atoms with Crippen LogP contribution in [0, 0.1) is 11.8 Å². The summed E-state index contributed by atoms with van der Waals surface area (Å²) in [5.74, 6) is -2.52. The molecule has 1 aliphatic rings. The number of amides is 2. The zero-order valence-electron chi connectivity index (χ0n) is 10.8. The van der Waals surface area contributed by atoms with E-state index < -0.39 is 11.9 Å². The Kier molecular flexibility index (Phi) is 5.12. The minimum absolute atomic E-state index is 0.0240. The van der Waals surface area contributed by atoms with Crippen molar-refractivity contribution in [1.29, 1.82) is 0 Å². The van der Waals surface area contributed by atoms with E-state index in [1.165, 1.54) is 11.8 Å². The molecule has 0 bridgehead atoms. The Morgan fingerprint density at radius 2 is 1.89 bits per heavy atom. The molecule has 1 unspecified atom stereocenters. The standard InChI is InChI=1S/C12H20N2O4/c1-3-13-10(15)9-4-6-14(7-5-9)11(16)8(2)12(17)18/h8-9H,3-7H2,1-2H3,(H,13,15)(H,17,18). The fourth-order valence-corrected chi connectivity index (χ4v) is 2.06. The molecule has 1 aliphatic heterocycles. The summed E-state index contributed by atoms with van der Waals surface area (Å²) >= 11 is 0. The summed E-state index contributed by atoms with van der Waals surface area (Å²) in [5, 5.41) is 11.5. The molecule has 6 nitrogen and oxygen atoms in total. The van der Waals surface area contributed by atoms with Gasteiger partial charge >= 0.3 is 5.97 Å². The molecule has 18 heavy (non-hydrogen) atoms. The Labute approximate surface area is 106 Å².